The Morgan fingerprint density at radius 2 is 1.53 bits per heavy atom. The summed E-state index contributed by atoms with van der Waals surface area (Å²) in [7, 11) is 4.78. The van der Waals surface area contributed by atoms with Gasteiger partial charge in [0, 0.05) is 107 Å². The van der Waals surface area contributed by atoms with Crippen molar-refractivity contribution in [2.45, 2.75) is 102 Å². The molecule has 0 bridgehead atoms. The number of carboxylic acid groups (broad SMARTS) is 1. The zero-order chi connectivity index (χ0) is 69.7. The van der Waals surface area contributed by atoms with Gasteiger partial charge < -0.3 is 49.1 Å². The van der Waals surface area contributed by atoms with Crippen molar-refractivity contribution in [1.82, 2.24) is 33.8 Å². The molecule has 10 rings (SSSR count). The van der Waals surface area contributed by atoms with Crippen LogP contribution >= 0.6 is 11.8 Å². The fourth-order valence-corrected chi connectivity index (χ4v) is 12.8. The summed E-state index contributed by atoms with van der Waals surface area (Å²) < 4.78 is 22.3. The Balaban J connectivity index is 0.711. The van der Waals surface area contributed by atoms with E-state index in [9.17, 15) is 63.0 Å². The summed E-state index contributed by atoms with van der Waals surface area (Å²) in [6.07, 6.45) is 4.30. The van der Waals surface area contributed by atoms with E-state index in [1.165, 1.54) is 63.4 Å². The van der Waals surface area contributed by atoms with Crippen molar-refractivity contribution < 1.29 is 77.2 Å². The fraction of sp³-hybridized carbons (Fsp3) is 0.352. The van der Waals surface area contributed by atoms with Gasteiger partial charge in [-0.15, -0.1) is 0 Å². The molecule has 97 heavy (non-hydrogen) atoms. The van der Waals surface area contributed by atoms with Crippen LogP contribution in [0.25, 0.3) is 22.0 Å². The molecule has 1 unspecified atom stereocenters. The Labute approximate surface area is 562 Å². The number of amides is 6. The first-order valence-corrected chi connectivity index (χ1v) is 32.9. The van der Waals surface area contributed by atoms with Crippen LogP contribution in [0.15, 0.2) is 122 Å². The molecule has 2 saturated heterocycles. The van der Waals surface area contributed by atoms with Gasteiger partial charge >= 0.3 is 12.1 Å². The Hall–Kier alpha value is -10.5. The number of carboxylic acids is 1. The van der Waals surface area contributed by atoms with Crippen molar-refractivity contribution in [2.24, 2.45) is 25.9 Å². The zero-order valence-electron chi connectivity index (χ0n) is 54.7. The second kappa shape index (κ2) is 29.7. The highest BCUT2D eigenvalue weighted by Gasteiger charge is 2.47. The SMILES string of the molecule is C=C1C[C@H]2[C@H](O)N(C(=O)OCc3ccc(CC(=O)[C@H](C)NC(=O)[C@@H](CC(=O)CCN4C(=O)CC(SC)C4=O)C(C)C)cc3)c3cc(OCCCC(=O)Nc4cn(C)c(C(=O)Cc5ccc(-c6cc(C(=O)n7ccc8cc(C(=O)O)ccc87)n(C)c6)cc5)n4)c(OC)cc3C(=O)N2C1. The van der Waals surface area contributed by atoms with E-state index >= 15 is 0 Å². The number of anilines is 2. The molecule has 0 spiro atoms. The van der Waals surface area contributed by atoms with E-state index in [2.05, 4.69) is 22.2 Å². The molecule has 4 N–H and O–H groups in total. The lowest BCUT2D eigenvalue weighted by Gasteiger charge is -2.31. The molecule has 3 aliphatic rings. The number of imidazole rings is 1. The predicted molar refractivity (Wildman–Crippen MR) is 358 cm³/mol. The number of Topliss-reactive ketones (excluding diaryl/α,β-unsaturated/α-hetero) is 3. The van der Waals surface area contributed by atoms with E-state index in [0.29, 0.717) is 38.9 Å². The van der Waals surface area contributed by atoms with Crippen LogP contribution in [0.2, 0.25) is 0 Å². The maximum absolute atomic E-state index is 14.3. The number of nitrogens with zero attached hydrogens (tertiary/aromatic N) is 7. The van der Waals surface area contributed by atoms with E-state index in [0.717, 1.165) is 20.9 Å². The van der Waals surface area contributed by atoms with Crippen LogP contribution in [0.1, 0.15) is 118 Å². The molecule has 0 radical (unpaired) electrons. The molecule has 3 aliphatic heterocycles. The fourth-order valence-electron chi connectivity index (χ4n) is 12.2. The number of aliphatic hydroxyl groups excluding tert-OH is 1. The minimum atomic E-state index is -1.59. The van der Waals surface area contributed by atoms with Crippen molar-refractivity contribution in [3.63, 3.8) is 0 Å². The molecule has 506 valence electrons. The summed E-state index contributed by atoms with van der Waals surface area (Å²) in [5.74, 6) is -4.77. The summed E-state index contributed by atoms with van der Waals surface area (Å²) >= 11 is 1.28. The molecule has 6 heterocycles. The molecule has 0 aliphatic carbocycles. The number of aliphatic hydroxyl groups is 1. The van der Waals surface area contributed by atoms with E-state index in [4.69, 9.17) is 14.2 Å². The monoisotopic (exact) mass is 1340 g/mol. The topological polar surface area (TPSA) is 317 Å². The van der Waals surface area contributed by atoms with Crippen molar-refractivity contribution in [1.29, 1.82) is 0 Å². The summed E-state index contributed by atoms with van der Waals surface area (Å²) in [5, 5.41) is 27.0. The smallest absolute Gasteiger partial charge is 0.416 e. The number of fused-ring (bicyclic) bond motifs is 3. The number of carbonyl (C=O) groups excluding carboxylic acids is 10. The molecule has 2 fully saturated rings. The van der Waals surface area contributed by atoms with Crippen LogP contribution in [0.4, 0.5) is 16.3 Å². The molecular formula is C71H75N9O16S. The maximum atomic E-state index is 14.3. The quantitative estimate of drug-likeness (QED) is 0.0164. The van der Waals surface area contributed by atoms with Gasteiger partial charge in [0.1, 0.15) is 18.1 Å². The Kier molecular flexibility index (Phi) is 21.2. The van der Waals surface area contributed by atoms with E-state index in [-0.39, 0.29) is 159 Å². The molecule has 25 nitrogen and oxygen atoms in total. The van der Waals surface area contributed by atoms with Crippen molar-refractivity contribution in [3.8, 4) is 22.6 Å². The standard InChI is InChI=1S/C71H75N9O16S/c1-39(2)50(31-49(81)22-24-78-63(85)34-60(97-8)69(78)90)65(86)72-41(4)56(82)27-42-11-13-44(14-12-42)38-96-71(93)80-53-33-59(58(94-7)32-51(53)66(87)79-35-40(3)26-55(79)68(80)89)95-25-9-10-62(84)73-61-37-76(6)64(74-61)57(83)28-43-15-17-45(18-16-43)48-30-54(75(5)36-48)67(88)77-23-21-46-29-47(70(91)92)19-20-52(46)77/h11-21,23,29-30,32-33,36-37,39,41,50,55,60,68,89H,3,9-10,22,24-28,31,34-35,38H2,1-2,4-8H3,(H,72,86)(H,73,84)(H,91,92)/t41-,50-,55-,60?,68-/m0/s1. The third-order valence-electron chi connectivity index (χ3n) is 17.7. The van der Waals surface area contributed by atoms with Gasteiger partial charge in [0.25, 0.3) is 11.8 Å². The summed E-state index contributed by atoms with van der Waals surface area (Å²) in [6.45, 7) is 8.95. The second-order valence-corrected chi connectivity index (χ2v) is 25.9. The van der Waals surface area contributed by atoms with Crippen molar-refractivity contribution >= 4 is 99.0 Å². The highest BCUT2D eigenvalue weighted by molar-refractivity contribution is 8.00. The number of thioether (sulfide) groups is 1. The Bertz CT molecular complexity index is 4300. The number of rotatable bonds is 27. The number of methoxy groups -OCH3 is 1. The van der Waals surface area contributed by atoms with E-state index < -0.39 is 59.3 Å². The first-order valence-electron chi connectivity index (χ1n) is 31.6. The van der Waals surface area contributed by atoms with Gasteiger partial charge in [-0.25, -0.2) is 19.5 Å². The lowest BCUT2D eigenvalue weighted by Crippen LogP contribution is -2.50. The van der Waals surface area contributed by atoms with Gasteiger partial charge in [-0.1, -0.05) is 74.5 Å². The van der Waals surface area contributed by atoms with Crippen LogP contribution in [0.3, 0.4) is 0 Å². The number of hydrogen-bond acceptors (Lipinski definition) is 17. The predicted octanol–water partition coefficient (Wildman–Crippen LogP) is 7.97. The molecule has 4 aromatic carbocycles. The average molecular weight is 1340 g/mol. The number of aromatic nitrogens is 4. The third kappa shape index (κ3) is 15.5. The number of benzene rings is 4. The van der Waals surface area contributed by atoms with Gasteiger partial charge in [-0.3, -0.25) is 52.6 Å². The molecule has 5 atom stereocenters. The molecule has 26 heteroatoms. The molecule has 6 amide bonds. The molecular weight excluding hydrogens is 1270 g/mol. The summed E-state index contributed by atoms with van der Waals surface area (Å²) in [6, 6.07) is 23.1. The number of aryl methyl sites for hydroxylation is 2. The lowest BCUT2D eigenvalue weighted by molar-refractivity contribution is -0.139. The molecule has 3 aromatic heterocycles. The number of ether oxygens (including phenoxy) is 3. The van der Waals surface area contributed by atoms with Gasteiger partial charge in [0.2, 0.25) is 29.4 Å². The van der Waals surface area contributed by atoms with Gasteiger partial charge in [0.05, 0.1) is 53.4 Å². The van der Waals surface area contributed by atoms with Crippen molar-refractivity contribution in [3.05, 3.63) is 161 Å². The highest BCUT2D eigenvalue weighted by atomic mass is 32.2. The lowest BCUT2D eigenvalue weighted by atomic mass is 9.88. The van der Waals surface area contributed by atoms with Crippen LogP contribution in [-0.4, -0.2) is 160 Å². The number of nitrogens with one attached hydrogen (secondary N) is 2. The van der Waals surface area contributed by atoms with Crippen LogP contribution < -0.4 is 25.0 Å². The van der Waals surface area contributed by atoms with E-state index in [1.54, 1.807) is 94.4 Å². The molecule has 7 aromatic rings. The van der Waals surface area contributed by atoms with Gasteiger partial charge in [0.15, 0.2) is 35.2 Å². The van der Waals surface area contributed by atoms with Crippen LogP contribution in [0, 0.1) is 11.8 Å². The average Bonchev–Trinajstić information content (AvgIpc) is 1.63. The van der Waals surface area contributed by atoms with Crippen LogP contribution in [0.5, 0.6) is 11.5 Å². The zero-order valence-corrected chi connectivity index (χ0v) is 55.5. The largest absolute Gasteiger partial charge is 0.493 e. The van der Waals surface area contributed by atoms with E-state index in [1.807, 2.05) is 30.5 Å². The first-order chi connectivity index (χ1) is 46.3. The number of imide groups is 1. The third-order valence-corrected chi connectivity index (χ3v) is 18.6. The Morgan fingerprint density at radius 1 is 0.814 bits per heavy atom. The van der Waals surface area contributed by atoms with Gasteiger partial charge in [-0.05, 0) is 90.6 Å². The minimum absolute atomic E-state index is 0.00644. The molecule has 0 saturated carbocycles. The first kappa shape index (κ1) is 69.4. The normalized spacial score (nSPS) is 16.6. The number of aromatic carboxylic acids is 1. The Morgan fingerprint density at radius 3 is 2.22 bits per heavy atom. The number of carbonyl (C=O) groups is 11. The second-order valence-electron chi connectivity index (χ2n) is 24.8. The minimum Gasteiger partial charge on any atom is -0.493 e. The number of likely N-dealkylation sites (tertiary alicyclic amines) is 1. The highest BCUT2D eigenvalue weighted by Crippen LogP contribution is 2.42. The van der Waals surface area contributed by atoms with Gasteiger partial charge in [-0.2, -0.15) is 11.8 Å². The summed E-state index contributed by atoms with van der Waals surface area (Å²) in [5.41, 5.74) is 5.17. The maximum Gasteiger partial charge on any atom is 0.416 e. The van der Waals surface area contributed by atoms with Crippen molar-refractivity contribution in [2.75, 3.05) is 43.3 Å². The summed E-state index contributed by atoms with van der Waals surface area (Å²) in [4.78, 5) is 153. The van der Waals surface area contributed by atoms with Crippen LogP contribution in [-0.2, 0) is 67.0 Å². The number of ketones is 3. The number of hydrogen-bond donors (Lipinski definition) is 4.